The van der Waals surface area contributed by atoms with Crippen molar-refractivity contribution in [3.05, 3.63) is 11.8 Å². The first kappa shape index (κ1) is 10.2. The third kappa shape index (κ3) is 1.87. The minimum atomic E-state index is -0.872. The fourth-order valence-electron chi connectivity index (χ4n) is 1.72. The van der Waals surface area contributed by atoms with E-state index < -0.39 is 5.60 Å². The molecule has 15 heavy (non-hydrogen) atoms. The molecule has 2 heterocycles. The van der Waals surface area contributed by atoms with Gasteiger partial charge in [-0.25, -0.2) is 5.01 Å². The second-order valence-corrected chi connectivity index (χ2v) is 4.28. The number of nitrogens with zero attached hydrogens (tertiary/aromatic N) is 4. The lowest BCUT2D eigenvalue weighted by atomic mass is 10.1. The highest BCUT2D eigenvalue weighted by Crippen LogP contribution is 2.24. The number of aromatic nitrogens is 2. The summed E-state index contributed by atoms with van der Waals surface area (Å²) in [4.78, 5) is 0. The molecule has 0 radical (unpaired) electrons. The molecule has 0 saturated carbocycles. The van der Waals surface area contributed by atoms with Crippen molar-refractivity contribution in [1.29, 1.82) is 0 Å². The normalized spacial score (nSPS) is 16.4. The van der Waals surface area contributed by atoms with Crippen molar-refractivity contribution >= 4 is 12.0 Å². The van der Waals surface area contributed by atoms with Gasteiger partial charge in [-0.3, -0.25) is 4.68 Å². The Hall–Kier alpha value is -1.36. The molecular weight excluding hydrogens is 192 g/mol. The highest BCUT2D eigenvalue weighted by molar-refractivity contribution is 5.64. The molecule has 0 fully saturated rings. The van der Waals surface area contributed by atoms with E-state index in [1.165, 1.54) is 0 Å². The van der Waals surface area contributed by atoms with E-state index in [0.717, 1.165) is 24.5 Å². The zero-order chi connectivity index (χ0) is 11.1. The van der Waals surface area contributed by atoms with Gasteiger partial charge in [0.15, 0.2) is 5.82 Å². The van der Waals surface area contributed by atoms with Gasteiger partial charge in [0.1, 0.15) is 5.60 Å². The smallest absolute Gasteiger partial charge is 0.171 e. The predicted molar refractivity (Wildman–Crippen MR) is 58.9 cm³/mol. The Morgan fingerprint density at radius 2 is 2.20 bits per heavy atom. The number of aliphatic hydroxyl groups is 1. The van der Waals surface area contributed by atoms with Gasteiger partial charge < -0.3 is 5.11 Å². The maximum Gasteiger partial charge on any atom is 0.171 e. The summed E-state index contributed by atoms with van der Waals surface area (Å²) < 4.78 is 1.70. The first-order valence-electron chi connectivity index (χ1n) is 5.05. The number of hydrazone groups is 1. The van der Waals surface area contributed by atoms with Gasteiger partial charge in [-0.2, -0.15) is 10.2 Å². The van der Waals surface area contributed by atoms with Gasteiger partial charge in [-0.15, -0.1) is 0 Å². The minimum Gasteiger partial charge on any atom is -0.384 e. The zero-order valence-corrected chi connectivity index (χ0v) is 9.30. The monoisotopic (exact) mass is 208 g/mol. The summed E-state index contributed by atoms with van der Waals surface area (Å²) in [6.07, 6.45) is 2.83. The Bertz CT molecular complexity index is 389. The van der Waals surface area contributed by atoms with Crippen LogP contribution in [0.3, 0.4) is 0 Å². The molecule has 0 saturated heterocycles. The number of rotatable bonds is 2. The quantitative estimate of drug-likeness (QED) is 0.783. The topological polar surface area (TPSA) is 53.7 Å². The largest absolute Gasteiger partial charge is 0.384 e. The molecule has 0 amide bonds. The van der Waals surface area contributed by atoms with Crippen molar-refractivity contribution in [2.75, 3.05) is 11.6 Å². The Morgan fingerprint density at radius 3 is 2.67 bits per heavy atom. The molecule has 0 atom stereocenters. The summed E-state index contributed by atoms with van der Waals surface area (Å²) in [6, 6.07) is 1.88. The number of aryl methyl sites for hydroxylation is 1. The molecule has 0 aromatic carbocycles. The van der Waals surface area contributed by atoms with Gasteiger partial charge in [0, 0.05) is 32.3 Å². The van der Waals surface area contributed by atoms with Crippen molar-refractivity contribution in [3.63, 3.8) is 0 Å². The average molecular weight is 208 g/mol. The van der Waals surface area contributed by atoms with Crippen molar-refractivity contribution in [2.45, 2.75) is 25.9 Å². The molecule has 0 bridgehead atoms. The van der Waals surface area contributed by atoms with Crippen molar-refractivity contribution in [1.82, 2.24) is 9.78 Å². The molecule has 82 valence electrons. The van der Waals surface area contributed by atoms with Crippen LogP contribution in [0.15, 0.2) is 11.2 Å². The van der Waals surface area contributed by atoms with Gasteiger partial charge in [-0.1, -0.05) is 0 Å². The predicted octanol–water partition coefficient (Wildman–Crippen LogP) is 0.843. The van der Waals surface area contributed by atoms with Crippen LogP contribution in [0.1, 0.15) is 26.0 Å². The average Bonchev–Trinajstić information content (AvgIpc) is 2.68. The van der Waals surface area contributed by atoms with Crippen LogP contribution in [0.2, 0.25) is 0 Å². The van der Waals surface area contributed by atoms with E-state index in [0.29, 0.717) is 0 Å². The molecule has 1 aliphatic rings. The molecule has 5 nitrogen and oxygen atoms in total. The van der Waals surface area contributed by atoms with Crippen LogP contribution in [-0.4, -0.2) is 27.6 Å². The molecule has 1 aliphatic heterocycles. The molecule has 1 N–H and O–H groups in total. The Balaban J connectivity index is 2.32. The summed E-state index contributed by atoms with van der Waals surface area (Å²) in [7, 11) is 1.83. The molecule has 0 aliphatic carbocycles. The Labute approximate surface area is 89.0 Å². The second kappa shape index (κ2) is 3.34. The van der Waals surface area contributed by atoms with Gasteiger partial charge in [0.05, 0.1) is 5.69 Å². The number of hydrogen-bond acceptors (Lipinski definition) is 4. The van der Waals surface area contributed by atoms with E-state index in [1.807, 2.05) is 24.3 Å². The lowest BCUT2D eigenvalue weighted by molar-refractivity contribution is 0.0696. The van der Waals surface area contributed by atoms with Crippen LogP contribution in [0.4, 0.5) is 5.82 Å². The lowest BCUT2D eigenvalue weighted by Gasteiger charge is -2.16. The molecule has 0 unspecified atom stereocenters. The SMILES string of the molecule is Cn1nc(N2CCC=N2)cc1C(C)(C)O. The van der Waals surface area contributed by atoms with Crippen LogP contribution < -0.4 is 5.01 Å². The van der Waals surface area contributed by atoms with Crippen molar-refractivity contribution in [3.8, 4) is 0 Å². The minimum absolute atomic E-state index is 0.791. The number of hydrogen-bond donors (Lipinski definition) is 1. The van der Waals surface area contributed by atoms with Crippen LogP contribution in [0.5, 0.6) is 0 Å². The van der Waals surface area contributed by atoms with Crippen LogP contribution in [0.25, 0.3) is 0 Å². The van der Waals surface area contributed by atoms with E-state index in [1.54, 1.807) is 18.5 Å². The zero-order valence-electron chi connectivity index (χ0n) is 9.30. The molecular formula is C10H16N4O. The van der Waals surface area contributed by atoms with Gasteiger partial charge in [0.25, 0.3) is 0 Å². The first-order chi connectivity index (χ1) is 6.98. The second-order valence-electron chi connectivity index (χ2n) is 4.28. The van der Waals surface area contributed by atoms with Crippen LogP contribution >= 0.6 is 0 Å². The fraction of sp³-hybridized carbons (Fsp3) is 0.600. The summed E-state index contributed by atoms with van der Waals surface area (Å²) >= 11 is 0. The fourth-order valence-corrected chi connectivity index (χ4v) is 1.72. The summed E-state index contributed by atoms with van der Waals surface area (Å²) in [5, 5.41) is 20.3. The van der Waals surface area contributed by atoms with E-state index in [-0.39, 0.29) is 0 Å². The summed E-state index contributed by atoms with van der Waals surface area (Å²) in [5.41, 5.74) is -0.0803. The van der Waals surface area contributed by atoms with Crippen molar-refractivity contribution in [2.24, 2.45) is 12.1 Å². The Kier molecular flexibility index (Phi) is 2.26. The standard InChI is InChI=1S/C10H16N4O/c1-10(2,15)8-7-9(12-13(8)3)14-6-4-5-11-14/h5,7,15H,4,6H2,1-3H3. The molecule has 5 heteroatoms. The summed E-state index contributed by atoms with van der Waals surface area (Å²) in [6.45, 7) is 4.37. The van der Waals surface area contributed by atoms with E-state index in [2.05, 4.69) is 10.2 Å². The van der Waals surface area contributed by atoms with Gasteiger partial charge in [0.2, 0.25) is 0 Å². The van der Waals surface area contributed by atoms with Crippen LogP contribution in [0, 0.1) is 0 Å². The van der Waals surface area contributed by atoms with Gasteiger partial charge in [-0.05, 0) is 13.8 Å². The molecule has 2 rings (SSSR count). The third-order valence-electron chi connectivity index (χ3n) is 2.45. The number of anilines is 1. The molecule has 0 spiro atoms. The van der Waals surface area contributed by atoms with Crippen LogP contribution in [-0.2, 0) is 12.6 Å². The Morgan fingerprint density at radius 1 is 1.47 bits per heavy atom. The summed E-state index contributed by atoms with van der Waals surface area (Å²) in [5.74, 6) is 0.795. The maximum atomic E-state index is 9.91. The maximum absolute atomic E-state index is 9.91. The van der Waals surface area contributed by atoms with E-state index in [9.17, 15) is 5.11 Å². The third-order valence-corrected chi connectivity index (χ3v) is 2.45. The lowest BCUT2D eigenvalue weighted by Crippen LogP contribution is -2.19. The van der Waals surface area contributed by atoms with E-state index >= 15 is 0 Å². The highest BCUT2D eigenvalue weighted by atomic mass is 16.3. The molecule has 1 aromatic heterocycles. The molecule has 1 aromatic rings. The first-order valence-corrected chi connectivity index (χ1v) is 5.05. The highest BCUT2D eigenvalue weighted by Gasteiger charge is 2.23. The van der Waals surface area contributed by atoms with E-state index in [4.69, 9.17) is 0 Å². The van der Waals surface area contributed by atoms with Crippen molar-refractivity contribution < 1.29 is 5.11 Å². The van der Waals surface area contributed by atoms with Gasteiger partial charge >= 0.3 is 0 Å².